The number of nitrogens with two attached hydrogens (primary N) is 1. The van der Waals surface area contributed by atoms with Crippen LogP contribution in [0.4, 0.5) is 5.69 Å². The van der Waals surface area contributed by atoms with Gasteiger partial charge in [-0.25, -0.2) is 0 Å². The van der Waals surface area contributed by atoms with Crippen molar-refractivity contribution in [2.24, 2.45) is 0 Å². The van der Waals surface area contributed by atoms with E-state index >= 15 is 0 Å². The van der Waals surface area contributed by atoms with Crippen LogP contribution in [0, 0.1) is 0 Å². The molecular formula is C11H12BrN2OP. The highest BCUT2D eigenvalue weighted by atomic mass is 79.9. The van der Waals surface area contributed by atoms with Gasteiger partial charge in [0.15, 0.2) is 0 Å². The molecule has 0 saturated carbocycles. The van der Waals surface area contributed by atoms with E-state index in [9.17, 15) is 4.57 Å². The second kappa shape index (κ2) is 3.86. The summed E-state index contributed by atoms with van der Waals surface area (Å²) in [6.45, 7) is 3.44. The fourth-order valence-electron chi connectivity index (χ4n) is 1.77. The number of fused-ring (bicyclic) bond motifs is 1. The van der Waals surface area contributed by atoms with Gasteiger partial charge in [-0.2, -0.15) is 0 Å². The number of aromatic nitrogens is 1. The van der Waals surface area contributed by atoms with E-state index in [0.29, 0.717) is 5.69 Å². The van der Waals surface area contributed by atoms with Crippen molar-refractivity contribution in [1.82, 2.24) is 4.98 Å². The van der Waals surface area contributed by atoms with E-state index in [-0.39, 0.29) is 0 Å². The molecule has 5 heteroatoms. The van der Waals surface area contributed by atoms with Crippen molar-refractivity contribution in [3.05, 3.63) is 28.9 Å². The highest BCUT2D eigenvalue weighted by Gasteiger charge is 2.18. The maximum atomic E-state index is 12.2. The quantitative estimate of drug-likeness (QED) is 0.824. The van der Waals surface area contributed by atoms with Crippen LogP contribution in [0.2, 0.25) is 0 Å². The first-order valence-corrected chi connectivity index (χ1v) is 8.18. The van der Waals surface area contributed by atoms with Crippen molar-refractivity contribution in [2.45, 2.75) is 0 Å². The van der Waals surface area contributed by atoms with Gasteiger partial charge in [0.25, 0.3) is 0 Å². The summed E-state index contributed by atoms with van der Waals surface area (Å²) in [7, 11) is -2.40. The van der Waals surface area contributed by atoms with E-state index in [1.54, 1.807) is 19.5 Å². The zero-order valence-electron chi connectivity index (χ0n) is 9.07. The zero-order valence-corrected chi connectivity index (χ0v) is 11.5. The minimum Gasteiger partial charge on any atom is -0.397 e. The number of nitrogens with zero attached hydrogens (tertiary/aromatic N) is 1. The molecule has 84 valence electrons. The van der Waals surface area contributed by atoms with Crippen molar-refractivity contribution in [2.75, 3.05) is 19.1 Å². The molecule has 1 aromatic carbocycles. The lowest BCUT2D eigenvalue weighted by Gasteiger charge is -2.13. The highest BCUT2D eigenvalue weighted by molar-refractivity contribution is 9.10. The van der Waals surface area contributed by atoms with E-state index in [2.05, 4.69) is 20.9 Å². The van der Waals surface area contributed by atoms with Gasteiger partial charge in [-0.05, 0) is 25.5 Å². The molecule has 3 nitrogen and oxygen atoms in total. The van der Waals surface area contributed by atoms with Gasteiger partial charge in [0, 0.05) is 15.2 Å². The maximum absolute atomic E-state index is 12.2. The molecule has 0 spiro atoms. The molecule has 0 unspecified atom stereocenters. The molecule has 2 N–H and O–H groups in total. The second-order valence-corrected chi connectivity index (χ2v) is 8.14. The summed E-state index contributed by atoms with van der Waals surface area (Å²) in [5.74, 6) is 0. The number of hydrogen-bond donors (Lipinski definition) is 1. The molecule has 16 heavy (non-hydrogen) atoms. The first-order valence-electron chi connectivity index (χ1n) is 4.79. The standard InChI is InChI=1S/C11H12BrN2OP/c1-16(2,15)11-8-4-3-7(12)5-10(8)14-6-9(11)13/h3-6H,13H2,1-2H3. The maximum Gasteiger partial charge on any atom is 0.112 e. The third-order valence-corrected chi connectivity index (χ3v) is 4.44. The van der Waals surface area contributed by atoms with Gasteiger partial charge in [0.05, 0.1) is 17.4 Å². The van der Waals surface area contributed by atoms with E-state index in [4.69, 9.17) is 5.73 Å². The molecule has 0 aliphatic carbocycles. The molecular weight excluding hydrogens is 287 g/mol. The number of benzene rings is 1. The van der Waals surface area contributed by atoms with E-state index in [1.165, 1.54) is 0 Å². The van der Waals surface area contributed by atoms with Crippen molar-refractivity contribution in [3.63, 3.8) is 0 Å². The van der Waals surface area contributed by atoms with Crippen molar-refractivity contribution in [1.29, 1.82) is 0 Å². The van der Waals surface area contributed by atoms with Gasteiger partial charge in [-0.1, -0.05) is 22.0 Å². The van der Waals surface area contributed by atoms with Crippen molar-refractivity contribution >= 4 is 45.0 Å². The molecule has 0 aliphatic heterocycles. The lowest BCUT2D eigenvalue weighted by atomic mass is 10.2. The average molecular weight is 299 g/mol. The lowest BCUT2D eigenvalue weighted by molar-refractivity contribution is 0.588. The third-order valence-electron chi connectivity index (χ3n) is 2.37. The van der Waals surface area contributed by atoms with Crippen LogP contribution in [-0.4, -0.2) is 18.3 Å². The summed E-state index contributed by atoms with van der Waals surface area (Å²) < 4.78 is 13.2. The number of nitrogen functional groups attached to an aromatic ring is 1. The topological polar surface area (TPSA) is 56.0 Å². The van der Waals surface area contributed by atoms with Gasteiger partial charge in [-0.15, -0.1) is 0 Å². The summed E-state index contributed by atoms with van der Waals surface area (Å²) >= 11 is 3.39. The van der Waals surface area contributed by atoms with Crippen LogP contribution in [0.1, 0.15) is 0 Å². The van der Waals surface area contributed by atoms with Crippen molar-refractivity contribution in [3.8, 4) is 0 Å². The Morgan fingerprint density at radius 2 is 2.06 bits per heavy atom. The molecule has 0 aliphatic rings. The van der Waals surface area contributed by atoms with E-state index in [0.717, 1.165) is 20.7 Å². The largest absolute Gasteiger partial charge is 0.397 e. The molecule has 0 atom stereocenters. The fourth-order valence-corrected chi connectivity index (χ4v) is 3.57. The first kappa shape index (κ1) is 11.6. The molecule has 0 radical (unpaired) electrons. The normalized spacial score (nSPS) is 11.9. The molecule has 0 amide bonds. The molecule has 1 aromatic heterocycles. The van der Waals surface area contributed by atoms with Crippen LogP contribution in [0.3, 0.4) is 0 Å². The lowest BCUT2D eigenvalue weighted by Crippen LogP contribution is -2.12. The van der Waals surface area contributed by atoms with E-state index < -0.39 is 7.14 Å². The minimum atomic E-state index is -2.40. The summed E-state index contributed by atoms with van der Waals surface area (Å²) in [4.78, 5) is 4.24. The SMILES string of the molecule is CP(C)(=O)c1c(N)cnc2cc(Br)ccc12. The summed E-state index contributed by atoms with van der Waals surface area (Å²) in [6, 6.07) is 5.70. The summed E-state index contributed by atoms with van der Waals surface area (Å²) in [5.41, 5.74) is 7.18. The molecule has 2 rings (SSSR count). The number of pyridine rings is 1. The molecule has 0 saturated heterocycles. The number of hydrogen-bond acceptors (Lipinski definition) is 3. The second-order valence-electron chi connectivity index (χ2n) is 4.07. The van der Waals surface area contributed by atoms with Crippen LogP contribution in [0.5, 0.6) is 0 Å². The van der Waals surface area contributed by atoms with Crippen LogP contribution >= 0.6 is 23.1 Å². The first-order chi connectivity index (χ1) is 7.39. The van der Waals surface area contributed by atoms with Crippen LogP contribution < -0.4 is 11.0 Å². The van der Waals surface area contributed by atoms with Gasteiger partial charge >= 0.3 is 0 Å². The number of halogens is 1. The molecule has 0 bridgehead atoms. The minimum absolute atomic E-state index is 0.503. The Hall–Kier alpha value is -0.860. The Labute approximate surface area is 103 Å². The predicted octanol–water partition coefficient (Wildman–Crippen LogP) is 2.83. The molecule has 1 heterocycles. The Morgan fingerprint density at radius 3 is 2.69 bits per heavy atom. The van der Waals surface area contributed by atoms with Crippen LogP contribution in [0.15, 0.2) is 28.9 Å². The molecule has 0 fully saturated rings. The van der Waals surface area contributed by atoms with Gasteiger partial charge in [-0.3, -0.25) is 4.98 Å². The van der Waals surface area contributed by atoms with Gasteiger partial charge in [0.2, 0.25) is 0 Å². The van der Waals surface area contributed by atoms with E-state index in [1.807, 2.05) is 18.2 Å². The fraction of sp³-hybridized carbons (Fsp3) is 0.182. The van der Waals surface area contributed by atoms with Crippen molar-refractivity contribution < 1.29 is 4.57 Å². The van der Waals surface area contributed by atoms with Gasteiger partial charge < -0.3 is 10.3 Å². The Bertz CT molecular complexity index is 606. The third kappa shape index (κ3) is 2.00. The number of anilines is 1. The van der Waals surface area contributed by atoms with Gasteiger partial charge in [0.1, 0.15) is 7.14 Å². The average Bonchev–Trinajstić information content (AvgIpc) is 2.16. The zero-order chi connectivity index (χ0) is 11.9. The highest BCUT2D eigenvalue weighted by Crippen LogP contribution is 2.39. The van der Waals surface area contributed by atoms with Crippen LogP contribution in [-0.2, 0) is 4.57 Å². The Morgan fingerprint density at radius 1 is 1.38 bits per heavy atom. The van der Waals surface area contributed by atoms with Crippen LogP contribution in [0.25, 0.3) is 10.9 Å². The predicted molar refractivity (Wildman–Crippen MR) is 72.9 cm³/mol. The monoisotopic (exact) mass is 298 g/mol. The smallest absolute Gasteiger partial charge is 0.112 e. The number of rotatable bonds is 1. The summed E-state index contributed by atoms with van der Waals surface area (Å²) in [6.07, 6.45) is 1.57. The molecule has 2 aromatic rings. The summed E-state index contributed by atoms with van der Waals surface area (Å²) in [5, 5.41) is 1.60. The Balaban J connectivity index is 2.91. The Kier molecular flexibility index (Phi) is 2.81.